The lowest BCUT2D eigenvalue weighted by molar-refractivity contribution is -0.137. The summed E-state index contributed by atoms with van der Waals surface area (Å²) in [5.74, 6) is -0.437. The average Bonchev–Trinajstić information content (AvgIpc) is 2.09. The van der Waals surface area contributed by atoms with Crippen LogP contribution in [0.2, 0.25) is 0 Å². The Hall–Kier alpha value is -1.30. The minimum atomic E-state index is -0.437. The standard InChI is InChI=1S/C9H13NO2/c1-2-3-4-8-12-9(11)6-5-7-10/h5-6H,2-4,8H2,1H3. The number of esters is 1. The lowest BCUT2D eigenvalue weighted by Gasteiger charge is -1.99. The van der Waals surface area contributed by atoms with Crippen LogP contribution in [-0.2, 0) is 9.53 Å². The summed E-state index contributed by atoms with van der Waals surface area (Å²) in [4.78, 5) is 10.7. The molecule has 0 spiro atoms. The number of hydrogen-bond donors (Lipinski definition) is 0. The number of nitriles is 1. The van der Waals surface area contributed by atoms with Crippen LogP contribution < -0.4 is 0 Å². The van der Waals surface area contributed by atoms with Gasteiger partial charge in [0.1, 0.15) is 0 Å². The third kappa shape index (κ3) is 6.81. The normalized spacial score (nSPS) is 9.67. The molecule has 0 unspecified atom stereocenters. The van der Waals surface area contributed by atoms with Gasteiger partial charge < -0.3 is 4.74 Å². The average molecular weight is 167 g/mol. The number of hydrogen-bond acceptors (Lipinski definition) is 3. The minimum Gasteiger partial charge on any atom is -0.463 e. The number of unbranched alkanes of at least 4 members (excludes halogenated alkanes) is 2. The molecule has 0 radical (unpaired) electrons. The molecule has 0 atom stereocenters. The highest BCUT2D eigenvalue weighted by Gasteiger charge is 1.94. The summed E-state index contributed by atoms with van der Waals surface area (Å²) >= 11 is 0. The van der Waals surface area contributed by atoms with Crippen LogP contribution in [0.3, 0.4) is 0 Å². The maximum absolute atomic E-state index is 10.7. The van der Waals surface area contributed by atoms with E-state index in [4.69, 9.17) is 10.00 Å². The molecule has 0 heterocycles. The molecule has 0 bridgehead atoms. The van der Waals surface area contributed by atoms with Gasteiger partial charge in [-0.25, -0.2) is 4.79 Å². The molecule has 66 valence electrons. The first-order chi connectivity index (χ1) is 5.81. The molecule has 0 aromatic rings. The van der Waals surface area contributed by atoms with E-state index in [1.54, 1.807) is 6.07 Å². The zero-order chi connectivity index (χ0) is 9.23. The molecule has 0 aliphatic heterocycles. The van der Waals surface area contributed by atoms with E-state index in [0.717, 1.165) is 31.4 Å². The number of allylic oxidation sites excluding steroid dienone is 1. The van der Waals surface area contributed by atoms with Gasteiger partial charge in [0.2, 0.25) is 0 Å². The van der Waals surface area contributed by atoms with E-state index < -0.39 is 5.97 Å². The van der Waals surface area contributed by atoms with Gasteiger partial charge in [-0.05, 0) is 6.42 Å². The van der Waals surface area contributed by atoms with E-state index in [-0.39, 0.29) is 0 Å². The largest absolute Gasteiger partial charge is 0.463 e. The minimum absolute atomic E-state index is 0.437. The topological polar surface area (TPSA) is 50.1 Å². The maximum atomic E-state index is 10.7. The van der Waals surface area contributed by atoms with Crippen molar-refractivity contribution in [2.24, 2.45) is 0 Å². The molecule has 0 fully saturated rings. The van der Waals surface area contributed by atoms with Crippen molar-refractivity contribution in [3.05, 3.63) is 12.2 Å². The van der Waals surface area contributed by atoms with Gasteiger partial charge in [0, 0.05) is 12.2 Å². The van der Waals surface area contributed by atoms with Crippen LogP contribution in [0.1, 0.15) is 26.2 Å². The van der Waals surface area contributed by atoms with Crippen molar-refractivity contribution in [1.82, 2.24) is 0 Å². The molecule has 3 nitrogen and oxygen atoms in total. The maximum Gasteiger partial charge on any atom is 0.331 e. The Morgan fingerprint density at radius 3 is 2.92 bits per heavy atom. The highest BCUT2D eigenvalue weighted by atomic mass is 16.5. The summed E-state index contributed by atoms with van der Waals surface area (Å²) in [6, 6.07) is 1.72. The van der Waals surface area contributed by atoms with Crippen LogP contribution in [0, 0.1) is 11.3 Å². The first-order valence-corrected chi connectivity index (χ1v) is 4.04. The van der Waals surface area contributed by atoms with E-state index >= 15 is 0 Å². The van der Waals surface area contributed by atoms with Gasteiger partial charge >= 0.3 is 5.97 Å². The zero-order valence-corrected chi connectivity index (χ0v) is 7.25. The van der Waals surface area contributed by atoms with E-state index in [1.165, 1.54) is 0 Å². The first-order valence-electron chi connectivity index (χ1n) is 4.04. The summed E-state index contributed by atoms with van der Waals surface area (Å²) in [7, 11) is 0. The number of carbonyl (C=O) groups excluding carboxylic acids is 1. The van der Waals surface area contributed by atoms with Gasteiger partial charge in [0.25, 0.3) is 0 Å². The lowest BCUT2D eigenvalue weighted by Crippen LogP contribution is -2.01. The molecular weight excluding hydrogens is 154 g/mol. The summed E-state index contributed by atoms with van der Waals surface area (Å²) < 4.78 is 4.77. The van der Waals surface area contributed by atoms with Crippen molar-refractivity contribution in [1.29, 1.82) is 5.26 Å². The predicted molar refractivity (Wildman–Crippen MR) is 45.2 cm³/mol. The van der Waals surface area contributed by atoms with Gasteiger partial charge in [-0.15, -0.1) is 0 Å². The summed E-state index contributed by atoms with van der Waals surface area (Å²) in [5.41, 5.74) is 0. The van der Waals surface area contributed by atoms with Crippen LogP contribution >= 0.6 is 0 Å². The smallest absolute Gasteiger partial charge is 0.331 e. The zero-order valence-electron chi connectivity index (χ0n) is 7.25. The fourth-order valence-electron chi connectivity index (χ4n) is 0.678. The number of ether oxygens (including phenoxy) is 1. The third-order valence-corrected chi connectivity index (χ3v) is 1.29. The van der Waals surface area contributed by atoms with Crippen molar-refractivity contribution in [2.45, 2.75) is 26.2 Å². The molecule has 0 aliphatic rings. The Kier molecular flexibility index (Phi) is 6.96. The summed E-state index contributed by atoms with van der Waals surface area (Å²) in [6.45, 7) is 2.53. The molecule has 0 aliphatic carbocycles. The Morgan fingerprint density at radius 2 is 2.33 bits per heavy atom. The molecular formula is C9H13NO2. The monoisotopic (exact) mass is 167 g/mol. The predicted octanol–water partition coefficient (Wildman–Crippen LogP) is 1.80. The fourth-order valence-corrected chi connectivity index (χ4v) is 0.678. The Balaban J connectivity index is 3.33. The van der Waals surface area contributed by atoms with Crippen molar-refractivity contribution < 1.29 is 9.53 Å². The number of rotatable bonds is 5. The van der Waals surface area contributed by atoms with E-state index in [2.05, 4.69) is 6.92 Å². The van der Waals surface area contributed by atoms with E-state index in [1.807, 2.05) is 0 Å². The van der Waals surface area contributed by atoms with E-state index in [0.29, 0.717) is 6.61 Å². The Labute approximate surface area is 72.6 Å². The van der Waals surface area contributed by atoms with Crippen LogP contribution in [0.15, 0.2) is 12.2 Å². The molecule has 0 rings (SSSR count). The Bertz CT molecular complexity index is 191. The second-order valence-corrected chi connectivity index (χ2v) is 2.34. The van der Waals surface area contributed by atoms with Gasteiger partial charge in [-0.3, -0.25) is 0 Å². The second-order valence-electron chi connectivity index (χ2n) is 2.34. The lowest BCUT2D eigenvalue weighted by atomic mass is 10.3. The van der Waals surface area contributed by atoms with Crippen LogP contribution in [0.5, 0.6) is 0 Å². The Morgan fingerprint density at radius 1 is 1.58 bits per heavy atom. The molecule has 0 amide bonds. The van der Waals surface area contributed by atoms with Crippen molar-refractivity contribution >= 4 is 5.97 Å². The van der Waals surface area contributed by atoms with Gasteiger partial charge in [-0.2, -0.15) is 5.26 Å². The molecule has 0 saturated carbocycles. The summed E-state index contributed by atoms with van der Waals surface area (Å²) in [6.07, 6.45) is 5.30. The molecule has 0 aromatic carbocycles. The van der Waals surface area contributed by atoms with E-state index in [9.17, 15) is 4.79 Å². The molecule has 0 N–H and O–H groups in total. The van der Waals surface area contributed by atoms with Crippen molar-refractivity contribution in [3.63, 3.8) is 0 Å². The van der Waals surface area contributed by atoms with Gasteiger partial charge in [0.05, 0.1) is 12.7 Å². The van der Waals surface area contributed by atoms with Crippen LogP contribution in [0.25, 0.3) is 0 Å². The highest BCUT2D eigenvalue weighted by molar-refractivity contribution is 5.82. The van der Waals surface area contributed by atoms with Crippen molar-refractivity contribution in [2.75, 3.05) is 6.61 Å². The first kappa shape index (κ1) is 10.7. The molecule has 0 aromatic heterocycles. The SMILES string of the molecule is CCCCCOC(=O)C=CC#N. The number of nitrogens with zero attached hydrogens (tertiary/aromatic N) is 1. The molecule has 0 saturated heterocycles. The summed E-state index contributed by atoms with van der Waals surface area (Å²) in [5, 5.41) is 8.08. The van der Waals surface area contributed by atoms with Crippen molar-refractivity contribution in [3.8, 4) is 6.07 Å². The van der Waals surface area contributed by atoms with Crippen LogP contribution in [0.4, 0.5) is 0 Å². The van der Waals surface area contributed by atoms with Gasteiger partial charge in [0.15, 0.2) is 0 Å². The quantitative estimate of drug-likeness (QED) is 0.271. The second kappa shape index (κ2) is 7.80. The van der Waals surface area contributed by atoms with Crippen LogP contribution in [-0.4, -0.2) is 12.6 Å². The molecule has 12 heavy (non-hydrogen) atoms. The number of carbonyl (C=O) groups is 1. The van der Waals surface area contributed by atoms with Gasteiger partial charge in [-0.1, -0.05) is 19.8 Å². The highest BCUT2D eigenvalue weighted by Crippen LogP contribution is 1.94. The third-order valence-electron chi connectivity index (χ3n) is 1.29. The fraction of sp³-hybridized carbons (Fsp3) is 0.556. The molecule has 3 heteroatoms.